The molecule has 1 aliphatic rings. The van der Waals surface area contributed by atoms with Gasteiger partial charge in [0.25, 0.3) is 0 Å². The van der Waals surface area contributed by atoms with Gasteiger partial charge >= 0.3 is 5.97 Å². The average Bonchev–Trinajstić information content (AvgIpc) is 3.41. The Bertz CT molecular complexity index is 1360. The van der Waals surface area contributed by atoms with Gasteiger partial charge in [0.05, 0.1) is 25.4 Å². The molecule has 1 rings (SSSR count). The summed E-state index contributed by atoms with van der Waals surface area (Å²) in [4.78, 5) is 26.5. The molecule has 6 N–H and O–H groups in total. The van der Waals surface area contributed by atoms with Gasteiger partial charge in [-0.15, -0.1) is 0 Å². The van der Waals surface area contributed by atoms with E-state index in [1.165, 1.54) is 180 Å². The van der Waals surface area contributed by atoms with E-state index < -0.39 is 67.4 Å². The minimum atomic E-state index is -1.61. The van der Waals surface area contributed by atoms with E-state index in [0.29, 0.717) is 19.3 Å². The van der Waals surface area contributed by atoms with Crippen LogP contribution in [0, 0.1) is 0 Å². The Morgan fingerprint density at radius 1 is 0.507 bits per heavy atom. The summed E-state index contributed by atoms with van der Waals surface area (Å²) in [5.41, 5.74) is 0. The molecule has 0 spiro atoms. The lowest BCUT2D eigenvalue weighted by atomic mass is 9.99. The van der Waals surface area contributed by atoms with Crippen LogP contribution in [0.15, 0.2) is 36.5 Å². The summed E-state index contributed by atoms with van der Waals surface area (Å²) in [5.74, 6) is -1.19. The molecule has 0 aliphatic carbocycles. The maximum Gasteiger partial charge on any atom is 0.306 e. The molecule has 0 aromatic carbocycles. The largest absolute Gasteiger partial charge is 0.454 e. The van der Waals surface area contributed by atoms with Crippen molar-refractivity contribution in [3.05, 3.63) is 36.5 Å². The van der Waals surface area contributed by atoms with Crippen LogP contribution in [0.3, 0.4) is 0 Å². The number of esters is 1. The first-order valence-corrected chi connectivity index (χ1v) is 31.8. The zero-order valence-electron chi connectivity index (χ0n) is 48.7. The topological polar surface area (TPSA) is 175 Å². The molecule has 11 heteroatoms. The van der Waals surface area contributed by atoms with Gasteiger partial charge in [-0.3, -0.25) is 9.59 Å². The van der Waals surface area contributed by atoms with Crippen molar-refractivity contribution in [3.63, 3.8) is 0 Å². The van der Waals surface area contributed by atoms with E-state index in [-0.39, 0.29) is 13.0 Å². The van der Waals surface area contributed by atoms with Crippen molar-refractivity contribution in [1.82, 2.24) is 5.32 Å². The van der Waals surface area contributed by atoms with Crippen molar-refractivity contribution in [2.75, 3.05) is 13.2 Å². The van der Waals surface area contributed by atoms with Crippen LogP contribution in [-0.4, -0.2) is 99.6 Å². The van der Waals surface area contributed by atoms with E-state index >= 15 is 0 Å². The fourth-order valence-corrected chi connectivity index (χ4v) is 9.94. The lowest BCUT2D eigenvalue weighted by Crippen LogP contribution is -2.61. The zero-order valence-corrected chi connectivity index (χ0v) is 48.7. The molecule has 440 valence electrons. The number of hydrogen-bond acceptors (Lipinski definition) is 10. The van der Waals surface area contributed by atoms with Gasteiger partial charge in [0.15, 0.2) is 12.4 Å². The Kier molecular flexibility index (Phi) is 49.7. The van der Waals surface area contributed by atoms with Crippen molar-refractivity contribution >= 4 is 11.9 Å². The molecule has 1 aliphatic heterocycles. The van der Waals surface area contributed by atoms with Crippen LogP contribution < -0.4 is 5.32 Å². The lowest BCUT2D eigenvalue weighted by molar-refractivity contribution is -0.305. The molecule has 0 aromatic heterocycles. The molecule has 1 heterocycles. The van der Waals surface area contributed by atoms with Crippen molar-refractivity contribution in [2.45, 2.75) is 346 Å². The second-order valence-corrected chi connectivity index (χ2v) is 22.1. The Morgan fingerprint density at radius 3 is 1.31 bits per heavy atom. The molecular formula is C64H119NO10. The second-order valence-electron chi connectivity index (χ2n) is 22.1. The molecule has 0 radical (unpaired) electrons. The molecule has 1 fully saturated rings. The molecular weight excluding hydrogens is 943 g/mol. The van der Waals surface area contributed by atoms with Gasteiger partial charge in [0.1, 0.15) is 24.4 Å². The first-order valence-electron chi connectivity index (χ1n) is 31.8. The Labute approximate surface area is 460 Å². The third-order valence-corrected chi connectivity index (χ3v) is 15.0. The van der Waals surface area contributed by atoms with Gasteiger partial charge in [-0.2, -0.15) is 0 Å². The van der Waals surface area contributed by atoms with E-state index in [9.17, 15) is 35.1 Å². The van der Waals surface area contributed by atoms with Crippen molar-refractivity contribution in [1.29, 1.82) is 0 Å². The third-order valence-electron chi connectivity index (χ3n) is 15.0. The minimum absolute atomic E-state index is 0.120. The highest BCUT2D eigenvalue weighted by Gasteiger charge is 2.47. The number of ether oxygens (including phenoxy) is 3. The summed E-state index contributed by atoms with van der Waals surface area (Å²) in [6.45, 7) is 5.78. The van der Waals surface area contributed by atoms with E-state index in [2.05, 4.69) is 50.4 Å². The van der Waals surface area contributed by atoms with Crippen LogP contribution in [0.4, 0.5) is 0 Å². The highest BCUT2D eigenvalue weighted by Crippen LogP contribution is 2.26. The highest BCUT2D eigenvalue weighted by molar-refractivity contribution is 5.80. The first kappa shape index (κ1) is 70.9. The highest BCUT2D eigenvalue weighted by atomic mass is 16.7. The van der Waals surface area contributed by atoms with E-state index in [4.69, 9.17) is 14.2 Å². The molecule has 0 aromatic rings. The minimum Gasteiger partial charge on any atom is -0.454 e. The van der Waals surface area contributed by atoms with Crippen molar-refractivity contribution in [3.8, 4) is 0 Å². The molecule has 0 saturated carbocycles. The number of allylic oxidation sites excluding steroid dienone is 5. The summed E-state index contributed by atoms with van der Waals surface area (Å²) in [7, 11) is 0. The van der Waals surface area contributed by atoms with E-state index in [0.717, 1.165) is 70.6 Å². The molecule has 11 nitrogen and oxygen atoms in total. The number of hydrogen-bond donors (Lipinski definition) is 6. The van der Waals surface area contributed by atoms with Gasteiger partial charge in [-0.05, 0) is 77.0 Å². The van der Waals surface area contributed by atoms with Crippen LogP contribution in [0.25, 0.3) is 0 Å². The normalized spacial score (nSPS) is 19.4. The molecule has 1 saturated heterocycles. The van der Waals surface area contributed by atoms with Crippen LogP contribution >= 0.6 is 0 Å². The first-order chi connectivity index (χ1) is 36.7. The summed E-state index contributed by atoms with van der Waals surface area (Å²) in [5, 5.41) is 57.0. The van der Waals surface area contributed by atoms with Crippen LogP contribution in [0.5, 0.6) is 0 Å². The Hall–Kier alpha value is -2.12. The summed E-state index contributed by atoms with van der Waals surface area (Å²) in [6, 6.07) is -1.02. The van der Waals surface area contributed by atoms with E-state index in [1.807, 2.05) is 6.08 Å². The molecule has 1 amide bonds. The number of amides is 1. The number of aliphatic hydroxyl groups is 5. The van der Waals surface area contributed by atoms with Gasteiger partial charge < -0.3 is 45.1 Å². The summed E-state index contributed by atoms with van der Waals surface area (Å²) in [6.07, 6.45) is 51.8. The maximum absolute atomic E-state index is 13.4. The number of nitrogens with one attached hydrogen (secondary N) is 1. The Morgan fingerprint density at radius 2 is 0.880 bits per heavy atom. The van der Waals surface area contributed by atoms with Gasteiger partial charge in [0, 0.05) is 6.42 Å². The fourth-order valence-electron chi connectivity index (χ4n) is 9.94. The smallest absolute Gasteiger partial charge is 0.306 e. The SMILES string of the molecule is CCCCCC/C=C\CCCCCCCCCC(=O)OC1C(OCC(NC(=O)C(O)CCCCCCCCCCCC/C=C/CCCCCCCC)C(O)/C=C/CCCCCCCCCCC)OC(CO)C(O)C1O. The predicted octanol–water partition coefficient (Wildman–Crippen LogP) is 15.1. The van der Waals surface area contributed by atoms with Crippen molar-refractivity contribution < 1.29 is 49.3 Å². The zero-order chi connectivity index (χ0) is 54.7. The molecule has 75 heavy (non-hydrogen) atoms. The van der Waals surface area contributed by atoms with Gasteiger partial charge in [-0.25, -0.2) is 0 Å². The number of carbonyl (C=O) groups is 2. The fraction of sp³-hybridized carbons (Fsp3) is 0.875. The van der Waals surface area contributed by atoms with Crippen molar-refractivity contribution in [2.24, 2.45) is 0 Å². The van der Waals surface area contributed by atoms with Crippen LogP contribution in [0.1, 0.15) is 297 Å². The number of aliphatic hydroxyl groups excluding tert-OH is 5. The van der Waals surface area contributed by atoms with Gasteiger partial charge in [0.2, 0.25) is 5.91 Å². The lowest BCUT2D eigenvalue weighted by Gasteiger charge is -2.41. The predicted molar refractivity (Wildman–Crippen MR) is 311 cm³/mol. The number of carbonyl (C=O) groups excluding carboxylic acids is 2. The standard InChI is InChI=1S/C64H119NO10/c1-4-7-10-13-16-19-22-24-26-27-28-29-30-32-33-36-39-42-45-48-51-57(68)63(72)65-55(56(67)50-47-44-41-38-35-21-18-15-12-9-6-3)54-73-64-62(61(71)60(70)58(53-66)74-64)75-59(69)52-49-46-43-40-37-34-31-25-23-20-17-14-11-8-5-2/h20,23-24,26,47,50,55-58,60-62,64,66-68,70-71H,4-19,21-22,25,27-46,48-49,51-54H2,1-3H3,(H,65,72)/b23-20-,26-24+,50-47+. The van der Waals surface area contributed by atoms with Crippen LogP contribution in [0.2, 0.25) is 0 Å². The van der Waals surface area contributed by atoms with Gasteiger partial charge in [-0.1, -0.05) is 250 Å². The number of rotatable bonds is 54. The molecule has 8 unspecified atom stereocenters. The summed E-state index contributed by atoms with van der Waals surface area (Å²) < 4.78 is 17.6. The van der Waals surface area contributed by atoms with Crippen LogP contribution in [-0.2, 0) is 23.8 Å². The molecule has 8 atom stereocenters. The third kappa shape index (κ3) is 40.7. The molecule has 0 bridgehead atoms. The maximum atomic E-state index is 13.4. The van der Waals surface area contributed by atoms with E-state index in [1.54, 1.807) is 6.08 Å². The summed E-state index contributed by atoms with van der Waals surface area (Å²) >= 11 is 0. The second kappa shape index (κ2) is 52.6. The number of unbranched alkanes of at least 4 members (excludes halogenated alkanes) is 36. The quantitative estimate of drug-likeness (QED) is 0.0195. The average molecular weight is 1060 g/mol. The monoisotopic (exact) mass is 1060 g/mol. The Balaban J connectivity index is 2.64.